The molecule has 0 spiro atoms. The van der Waals surface area contributed by atoms with Crippen molar-refractivity contribution in [3.8, 4) is 22.8 Å². The summed E-state index contributed by atoms with van der Waals surface area (Å²) in [4.78, 5) is 17.9. The fourth-order valence-electron chi connectivity index (χ4n) is 3.98. The van der Waals surface area contributed by atoms with Crippen LogP contribution < -0.4 is 10.3 Å². The number of thioether (sulfide) groups is 1. The molecule has 0 aliphatic rings. The zero-order valence-electron chi connectivity index (χ0n) is 18.7. The van der Waals surface area contributed by atoms with Gasteiger partial charge in [0.25, 0.3) is 5.56 Å². The zero-order chi connectivity index (χ0) is 23.8. The fourth-order valence-corrected chi connectivity index (χ4v) is 4.77. The number of benzene rings is 3. The van der Waals surface area contributed by atoms with Crippen LogP contribution in [0.2, 0.25) is 0 Å². The van der Waals surface area contributed by atoms with Crippen LogP contribution in [0.15, 0.2) is 99.4 Å². The molecule has 0 unspecified atom stereocenters. The topological polar surface area (TPSA) is 87.5 Å². The molecule has 0 radical (unpaired) electrons. The number of ether oxygens (including phenoxy) is 1. The summed E-state index contributed by atoms with van der Waals surface area (Å²) in [5, 5.41) is 10.0. The van der Waals surface area contributed by atoms with E-state index in [1.54, 1.807) is 17.9 Å². The molecule has 172 valence electrons. The molecule has 8 nitrogen and oxygen atoms in total. The van der Waals surface area contributed by atoms with Crippen molar-refractivity contribution in [2.24, 2.45) is 0 Å². The molecule has 0 N–H and O–H groups in total. The number of hydrogen-bond donors (Lipinski definition) is 0. The monoisotopic (exact) mass is 481 g/mol. The summed E-state index contributed by atoms with van der Waals surface area (Å²) in [5.41, 5.74) is 2.22. The number of para-hydroxylation sites is 1. The Kier molecular flexibility index (Phi) is 5.31. The molecule has 0 fully saturated rings. The van der Waals surface area contributed by atoms with E-state index in [0.717, 1.165) is 11.1 Å². The van der Waals surface area contributed by atoms with Crippen molar-refractivity contribution in [2.75, 3.05) is 7.11 Å². The Bertz CT molecular complexity index is 1710. The maximum Gasteiger partial charge on any atom is 0.267 e. The summed E-state index contributed by atoms with van der Waals surface area (Å²) in [6.07, 6.45) is 1.73. The van der Waals surface area contributed by atoms with Gasteiger partial charge in [-0.15, -0.1) is 10.2 Å². The van der Waals surface area contributed by atoms with Crippen molar-refractivity contribution in [3.63, 3.8) is 0 Å². The first-order valence-corrected chi connectivity index (χ1v) is 11.9. The lowest BCUT2D eigenvalue weighted by molar-refractivity contribution is 0.414. The van der Waals surface area contributed by atoms with E-state index < -0.39 is 0 Å². The van der Waals surface area contributed by atoms with Gasteiger partial charge >= 0.3 is 0 Å². The predicted molar refractivity (Wildman–Crippen MR) is 134 cm³/mol. The highest BCUT2D eigenvalue weighted by Crippen LogP contribution is 2.27. The first-order chi connectivity index (χ1) is 17.2. The third-order valence-corrected chi connectivity index (χ3v) is 6.58. The van der Waals surface area contributed by atoms with Gasteiger partial charge in [-0.1, -0.05) is 54.2 Å². The Morgan fingerprint density at radius 3 is 2.51 bits per heavy atom. The highest BCUT2D eigenvalue weighted by atomic mass is 32.2. The van der Waals surface area contributed by atoms with Gasteiger partial charge in [-0.3, -0.25) is 9.20 Å². The number of aromatic nitrogens is 5. The number of nitrogens with zero attached hydrogens (tertiary/aromatic N) is 5. The number of fused-ring (bicyclic) bond motifs is 3. The molecule has 0 atom stereocenters. The van der Waals surface area contributed by atoms with E-state index in [4.69, 9.17) is 9.15 Å². The van der Waals surface area contributed by atoms with E-state index in [-0.39, 0.29) is 5.56 Å². The molecule has 0 aliphatic heterocycles. The van der Waals surface area contributed by atoms with Gasteiger partial charge in [0, 0.05) is 5.56 Å². The molecule has 0 amide bonds. The first-order valence-electron chi connectivity index (χ1n) is 10.9. The van der Waals surface area contributed by atoms with Gasteiger partial charge in [-0.25, -0.2) is 9.55 Å². The minimum Gasteiger partial charge on any atom is -0.497 e. The van der Waals surface area contributed by atoms with Gasteiger partial charge in [-0.2, -0.15) is 0 Å². The quantitative estimate of drug-likeness (QED) is 0.310. The van der Waals surface area contributed by atoms with Crippen molar-refractivity contribution in [1.29, 1.82) is 0 Å². The highest BCUT2D eigenvalue weighted by Gasteiger charge is 2.18. The van der Waals surface area contributed by atoms with Gasteiger partial charge in [0.05, 0.1) is 35.6 Å². The third kappa shape index (κ3) is 3.75. The van der Waals surface area contributed by atoms with Gasteiger partial charge in [0.1, 0.15) is 5.75 Å². The Balaban J connectivity index is 1.42. The van der Waals surface area contributed by atoms with Crippen LogP contribution in [0, 0.1) is 0 Å². The maximum atomic E-state index is 13.4. The number of oxazole rings is 1. The first kappa shape index (κ1) is 21.2. The van der Waals surface area contributed by atoms with Gasteiger partial charge in [-0.05, 0) is 36.4 Å². The minimum absolute atomic E-state index is 0.164. The molecule has 6 rings (SSSR count). The summed E-state index contributed by atoms with van der Waals surface area (Å²) in [6.45, 7) is 0. The normalized spacial score (nSPS) is 11.3. The Hall–Kier alpha value is -4.37. The van der Waals surface area contributed by atoms with Crippen LogP contribution in [0.4, 0.5) is 0 Å². The Morgan fingerprint density at radius 1 is 0.943 bits per heavy atom. The lowest BCUT2D eigenvalue weighted by Crippen LogP contribution is -2.21. The fraction of sp³-hybridized carbons (Fsp3) is 0.0769. The molecular formula is C26H19N5O3S. The van der Waals surface area contributed by atoms with E-state index in [0.29, 0.717) is 45.2 Å². The van der Waals surface area contributed by atoms with Crippen LogP contribution in [0.1, 0.15) is 5.89 Å². The summed E-state index contributed by atoms with van der Waals surface area (Å²) in [5.74, 6) is 2.89. The lowest BCUT2D eigenvalue weighted by atomic mass is 10.2. The summed E-state index contributed by atoms with van der Waals surface area (Å²) in [6, 6.07) is 24.6. The number of methoxy groups -OCH3 is 1. The van der Waals surface area contributed by atoms with Crippen LogP contribution in [0.5, 0.6) is 5.75 Å². The second kappa shape index (κ2) is 8.77. The molecule has 9 heteroatoms. The predicted octanol–water partition coefficient (Wildman–Crippen LogP) is 4.99. The lowest BCUT2D eigenvalue weighted by Gasteiger charge is -2.11. The molecule has 35 heavy (non-hydrogen) atoms. The van der Waals surface area contributed by atoms with Crippen molar-refractivity contribution in [1.82, 2.24) is 24.1 Å². The Labute approximate surface area is 203 Å². The van der Waals surface area contributed by atoms with Gasteiger partial charge < -0.3 is 9.15 Å². The van der Waals surface area contributed by atoms with Crippen molar-refractivity contribution >= 4 is 28.4 Å². The molecule has 0 saturated carbocycles. The molecule has 0 aliphatic carbocycles. The molecule has 3 heterocycles. The van der Waals surface area contributed by atoms with Crippen LogP contribution in [-0.2, 0) is 5.75 Å². The zero-order valence-corrected chi connectivity index (χ0v) is 19.5. The Morgan fingerprint density at radius 2 is 1.71 bits per heavy atom. The van der Waals surface area contributed by atoms with E-state index in [2.05, 4.69) is 15.2 Å². The third-order valence-electron chi connectivity index (χ3n) is 5.66. The van der Waals surface area contributed by atoms with E-state index >= 15 is 0 Å². The molecule has 3 aromatic carbocycles. The summed E-state index contributed by atoms with van der Waals surface area (Å²) < 4.78 is 14.7. The summed E-state index contributed by atoms with van der Waals surface area (Å²) >= 11 is 1.45. The van der Waals surface area contributed by atoms with Crippen LogP contribution in [0.3, 0.4) is 0 Å². The molecule has 0 saturated heterocycles. The van der Waals surface area contributed by atoms with Gasteiger partial charge in [0.15, 0.2) is 10.9 Å². The average Bonchev–Trinajstić information content (AvgIpc) is 3.56. The number of hydrogen-bond acceptors (Lipinski definition) is 7. The molecule has 3 aromatic heterocycles. The standard InChI is InChI=1S/C26H19N5O3S/c1-33-19-13-11-18(12-14-19)30-24(32)20-9-5-6-10-21(20)31-25(30)28-29-26(31)35-16-23-27-15-22(34-23)17-7-3-2-4-8-17/h2-15H,16H2,1H3. The molecule has 0 bridgehead atoms. The van der Waals surface area contributed by atoms with Gasteiger partial charge in [0.2, 0.25) is 11.7 Å². The van der Waals surface area contributed by atoms with Crippen LogP contribution in [0.25, 0.3) is 33.7 Å². The van der Waals surface area contributed by atoms with E-state index in [1.165, 1.54) is 11.8 Å². The summed E-state index contributed by atoms with van der Waals surface area (Å²) in [7, 11) is 1.61. The van der Waals surface area contributed by atoms with E-state index in [1.807, 2.05) is 83.3 Å². The van der Waals surface area contributed by atoms with Crippen LogP contribution in [-0.4, -0.2) is 31.3 Å². The number of rotatable bonds is 6. The van der Waals surface area contributed by atoms with E-state index in [9.17, 15) is 4.79 Å². The van der Waals surface area contributed by atoms with Crippen molar-refractivity contribution in [2.45, 2.75) is 10.9 Å². The maximum absolute atomic E-state index is 13.4. The highest BCUT2D eigenvalue weighted by molar-refractivity contribution is 7.98. The van der Waals surface area contributed by atoms with Crippen molar-refractivity contribution in [3.05, 3.63) is 101 Å². The molecule has 6 aromatic rings. The largest absolute Gasteiger partial charge is 0.497 e. The van der Waals surface area contributed by atoms with Crippen molar-refractivity contribution < 1.29 is 9.15 Å². The second-order valence-electron chi connectivity index (χ2n) is 7.75. The minimum atomic E-state index is -0.164. The SMILES string of the molecule is COc1ccc(-n2c(=O)c3ccccc3n3c(SCc4ncc(-c5ccccc5)o4)nnc23)cc1. The second-order valence-corrected chi connectivity index (χ2v) is 8.69. The van der Waals surface area contributed by atoms with Crippen LogP contribution >= 0.6 is 11.8 Å². The average molecular weight is 482 g/mol. The smallest absolute Gasteiger partial charge is 0.267 e. The molecular weight excluding hydrogens is 462 g/mol.